The summed E-state index contributed by atoms with van der Waals surface area (Å²) in [4.78, 5) is 6.47. The molecule has 0 fully saturated rings. The van der Waals surface area contributed by atoms with Gasteiger partial charge >= 0.3 is 0 Å². The quantitative estimate of drug-likeness (QED) is 0.901. The second kappa shape index (κ2) is 5.60. The Balaban J connectivity index is 2.06. The maximum atomic E-state index is 5.93. The molecule has 0 bridgehead atoms. The lowest BCUT2D eigenvalue weighted by atomic mass is 10.3. The zero-order chi connectivity index (χ0) is 13.1. The number of hydrogen-bond donors (Lipinski definition) is 1. The number of ether oxygens (including phenoxy) is 1. The predicted molar refractivity (Wildman–Crippen MR) is 70.4 cm³/mol. The summed E-state index contributed by atoms with van der Waals surface area (Å²) in [5.74, 6) is 1.000. The second-order valence-electron chi connectivity index (χ2n) is 4.36. The summed E-state index contributed by atoms with van der Waals surface area (Å²) in [5.41, 5.74) is 5.93. The predicted octanol–water partition coefficient (Wildman–Crippen LogP) is 2.53. The van der Waals surface area contributed by atoms with Crippen LogP contribution in [0.15, 0.2) is 16.7 Å². The van der Waals surface area contributed by atoms with Gasteiger partial charge in [0, 0.05) is 4.88 Å². The molecule has 0 aliphatic rings. The maximum Gasteiger partial charge on any atom is 0.268 e. The highest BCUT2D eigenvalue weighted by Gasteiger charge is 2.16. The number of hydrogen-bond acceptors (Lipinski definition) is 6. The standard InChI is InChI=1S/C12H17N3O2S/c1-7(2)16-6-9(13)11-14-12(17-15-11)10-5-4-8(3)18-10/h4-5,7,9H,6,13H2,1-3H3. The molecule has 2 aromatic heterocycles. The van der Waals surface area contributed by atoms with Crippen LogP contribution in [-0.4, -0.2) is 22.9 Å². The van der Waals surface area contributed by atoms with E-state index in [0.29, 0.717) is 18.3 Å². The lowest BCUT2D eigenvalue weighted by Crippen LogP contribution is -2.20. The van der Waals surface area contributed by atoms with Crippen molar-refractivity contribution < 1.29 is 9.26 Å². The van der Waals surface area contributed by atoms with Crippen LogP contribution in [0, 0.1) is 6.92 Å². The molecular formula is C12H17N3O2S. The SMILES string of the molecule is Cc1ccc(-c2nc(C(N)COC(C)C)no2)s1. The van der Waals surface area contributed by atoms with Gasteiger partial charge < -0.3 is 15.0 Å². The van der Waals surface area contributed by atoms with Crippen LogP contribution in [0.5, 0.6) is 0 Å². The van der Waals surface area contributed by atoms with Gasteiger partial charge in [-0.15, -0.1) is 11.3 Å². The molecule has 18 heavy (non-hydrogen) atoms. The Morgan fingerprint density at radius 1 is 1.44 bits per heavy atom. The van der Waals surface area contributed by atoms with Gasteiger partial charge in [0.15, 0.2) is 5.82 Å². The van der Waals surface area contributed by atoms with Crippen LogP contribution < -0.4 is 5.73 Å². The molecule has 0 aromatic carbocycles. The molecule has 1 unspecified atom stereocenters. The van der Waals surface area contributed by atoms with Gasteiger partial charge in [-0.3, -0.25) is 0 Å². The summed E-state index contributed by atoms with van der Waals surface area (Å²) in [5, 5.41) is 3.90. The Bertz CT molecular complexity index is 507. The molecule has 98 valence electrons. The molecule has 0 spiro atoms. The Kier molecular flexibility index (Phi) is 4.11. The molecule has 0 amide bonds. The number of nitrogens with two attached hydrogens (primary N) is 1. The topological polar surface area (TPSA) is 74.2 Å². The summed E-state index contributed by atoms with van der Waals surface area (Å²) < 4.78 is 10.6. The van der Waals surface area contributed by atoms with Crippen molar-refractivity contribution in [2.24, 2.45) is 5.73 Å². The Hall–Kier alpha value is -1.24. The third kappa shape index (κ3) is 3.16. The van der Waals surface area contributed by atoms with E-state index in [-0.39, 0.29) is 12.1 Å². The first-order valence-corrected chi connectivity index (χ1v) is 6.65. The van der Waals surface area contributed by atoms with Gasteiger partial charge in [0.2, 0.25) is 0 Å². The van der Waals surface area contributed by atoms with E-state index in [1.807, 2.05) is 32.9 Å². The molecule has 0 radical (unpaired) electrons. The largest absolute Gasteiger partial charge is 0.377 e. The first kappa shape index (κ1) is 13.2. The van der Waals surface area contributed by atoms with Crippen molar-refractivity contribution in [1.82, 2.24) is 10.1 Å². The van der Waals surface area contributed by atoms with Crippen LogP contribution in [0.3, 0.4) is 0 Å². The van der Waals surface area contributed by atoms with E-state index in [0.717, 1.165) is 4.88 Å². The second-order valence-corrected chi connectivity index (χ2v) is 5.64. The minimum absolute atomic E-state index is 0.141. The molecule has 0 saturated carbocycles. The van der Waals surface area contributed by atoms with Crippen molar-refractivity contribution in [3.05, 3.63) is 22.8 Å². The summed E-state index contributed by atoms with van der Waals surface area (Å²) >= 11 is 1.62. The minimum Gasteiger partial charge on any atom is -0.377 e. The van der Waals surface area contributed by atoms with Gasteiger partial charge in [0.05, 0.1) is 23.6 Å². The third-order valence-electron chi connectivity index (χ3n) is 2.33. The first-order chi connectivity index (χ1) is 8.56. The number of rotatable bonds is 5. The van der Waals surface area contributed by atoms with Crippen molar-refractivity contribution in [2.45, 2.75) is 32.9 Å². The molecule has 0 saturated heterocycles. The van der Waals surface area contributed by atoms with E-state index >= 15 is 0 Å². The average Bonchev–Trinajstić information content (AvgIpc) is 2.93. The third-order valence-corrected chi connectivity index (χ3v) is 3.32. The zero-order valence-corrected chi connectivity index (χ0v) is 11.5. The lowest BCUT2D eigenvalue weighted by Gasteiger charge is -2.10. The Morgan fingerprint density at radius 3 is 2.83 bits per heavy atom. The van der Waals surface area contributed by atoms with E-state index < -0.39 is 0 Å². The van der Waals surface area contributed by atoms with Gasteiger partial charge in [0.1, 0.15) is 0 Å². The smallest absolute Gasteiger partial charge is 0.268 e. The summed E-state index contributed by atoms with van der Waals surface area (Å²) in [6, 6.07) is 3.63. The fourth-order valence-corrected chi connectivity index (χ4v) is 2.19. The monoisotopic (exact) mass is 267 g/mol. The van der Waals surface area contributed by atoms with Gasteiger partial charge in [-0.25, -0.2) is 0 Å². The van der Waals surface area contributed by atoms with Crippen molar-refractivity contribution in [3.8, 4) is 10.8 Å². The fraction of sp³-hybridized carbons (Fsp3) is 0.500. The lowest BCUT2D eigenvalue weighted by molar-refractivity contribution is 0.0665. The molecule has 1 atom stereocenters. The summed E-state index contributed by atoms with van der Waals surface area (Å²) in [6.07, 6.45) is 0.141. The van der Waals surface area contributed by atoms with Crippen LogP contribution in [0.25, 0.3) is 10.8 Å². The number of aryl methyl sites for hydroxylation is 1. The first-order valence-electron chi connectivity index (χ1n) is 5.84. The number of nitrogens with zero attached hydrogens (tertiary/aromatic N) is 2. The molecule has 5 nitrogen and oxygen atoms in total. The van der Waals surface area contributed by atoms with Crippen molar-refractivity contribution in [2.75, 3.05) is 6.61 Å². The molecule has 2 heterocycles. The van der Waals surface area contributed by atoms with Crippen LogP contribution in [0.1, 0.15) is 30.6 Å². The van der Waals surface area contributed by atoms with Crippen LogP contribution in [-0.2, 0) is 4.74 Å². The normalized spacial score (nSPS) is 13.2. The van der Waals surface area contributed by atoms with Crippen LogP contribution in [0.4, 0.5) is 0 Å². The Morgan fingerprint density at radius 2 is 2.22 bits per heavy atom. The van der Waals surface area contributed by atoms with Crippen molar-refractivity contribution >= 4 is 11.3 Å². The van der Waals surface area contributed by atoms with Gasteiger partial charge in [0.25, 0.3) is 5.89 Å². The van der Waals surface area contributed by atoms with E-state index in [1.165, 1.54) is 4.88 Å². The molecule has 6 heteroatoms. The average molecular weight is 267 g/mol. The van der Waals surface area contributed by atoms with Gasteiger partial charge in [-0.1, -0.05) is 5.16 Å². The molecular weight excluding hydrogens is 250 g/mol. The van der Waals surface area contributed by atoms with E-state index in [2.05, 4.69) is 10.1 Å². The summed E-state index contributed by atoms with van der Waals surface area (Å²) in [7, 11) is 0. The molecule has 0 aliphatic carbocycles. The van der Waals surface area contributed by atoms with Gasteiger partial charge in [-0.05, 0) is 32.9 Å². The van der Waals surface area contributed by atoms with E-state index in [4.69, 9.17) is 15.0 Å². The van der Waals surface area contributed by atoms with Gasteiger partial charge in [-0.2, -0.15) is 4.98 Å². The number of aromatic nitrogens is 2. The van der Waals surface area contributed by atoms with Crippen molar-refractivity contribution in [1.29, 1.82) is 0 Å². The summed E-state index contributed by atoms with van der Waals surface area (Å²) in [6.45, 7) is 6.35. The molecule has 2 N–H and O–H groups in total. The maximum absolute atomic E-state index is 5.93. The highest BCUT2D eigenvalue weighted by atomic mass is 32.1. The molecule has 2 rings (SSSR count). The van der Waals surface area contributed by atoms with E-state index in [1.54, 1.807) is 11.3 Å². The highest BCUT2D eigenvalue weighted by Crippen LogP contribution is 2.26. The fourth-order valence-electron chi connectivity index (χ4n) is 1.41. The molecule has 2 aromatic rings. The highest BCUT2D eigenvalue weighted by molar-refractivity contribution is 7.15. The van der Waals surface area contributed by atoms with Crippen molar-refractivity contribution in [3.63, 3.8) is 0 Å². The number of thiophene rings is 1. The Labute approximate surface area is 110 Å². The van der Waals surface area contributed by atoms with Crippen LogP contribution in [0.2, 0.25) is 0 Å². The molecule has 0 aliphatic heterocycles. The minimum atomic E-state index is -0.356. The van der Waals surface area contributed by atoms with E-state index in [9.17, 15) is 0 Å². The van der Waals surface area contributed by atoms with Crippen LogP contribution >= 0.6 is 11.3 Å². The zero-order valence-electron chi connectivity index (χ0n) is 10.7.